The average Bonchev–Trinajstić information content (AvgIpc) is 3.14. The van der Waals surface area contributed by atoms with Crippen molar-refractivity contribution in [3.05, 3.63) is 71.9 Å². The summed E-state index contributed by atoms with van der Waals surface area (Å²) in [5.74, 6) is 1.14. The van der Waals surface area contributed by atoms with Gasteiger partial charge in [-0.1, -0.05) is 42.5 Å². The Kier molecular flexibility index (Phi) is 7.10. The molecule has 0 fully saturated rings. The van der Waals surface area contributed by atoms with Gasteiger partial charge in [0.05, 0.1) is 19.2 Å². The van der Waals surface area contributed by atoms with E-state index in [1.165, 1.54) is 0 Å². The van der Waals surface area contributed by atoms with Crippen molar-refractivity contribution >= 4 is 17.7 Å². The lowest BCUT2D eigenvalue weighted by Gasteiger charge is -2.16. The molecule has 1 heterocycles. The highest BCUT2D eigenvalue weighted by atomic mass is 16.5. The molecule has 29 heavy (non-hydrogen) atoms. The summed E-state index contributed by atoms with van der Waals surface area (Å²) in [7, 11) is 0. The predicted molar refractivity (Wildman–Crippen MR) is 113 cm³/mol. The number of carbonyl (C=O) groups is 1. The number of imidazole rings is 1. The number of nitrogens with two attached hydrogens (primary N) is 1. The van der Waals surface area contributed by atoms with Crippen LogP contribution in [0, 0.1) is 0 Å². The zero-order chi connectivity index (χ0) is 20.5. The first-order valence-corrected chi connectivity index (χ1v) is 9.63. The minimum absolute atomic E-state index is 0.0527. The van der Waals surface area contributed by atoms with Gasteiger partial charge in [-0.15, -0.1) is 0 Å². The molecule has 0 aliphatic rings. The van der Waals surface area contributed by atoms with Gasteiger partial charge >= 0.3 is 5.97 Å². The molecular weight excluding hydrogens is 368 g/mol. The van der Waals surface area contributed by atoms with E-state index >= 15 is 0 Å². The molecule has 3 rings (SSSR count). The normalized spacial score (nSPS) is 11.7. The number of rotatable bonds is 11. The molecule has 0 bridgehead atoms. The molecule has 1 atom stereocenters. The van der Waals surface area contributed by atoms with Crippen LogP contribution in [0.4, 0.5) is 11.8 Å². The van der Waals surface area contributed by atoms with Crippen molar-refractivity contribution in [1.29, 1.82) is 0 Å². The smallest absolute Gasteiger partial charge is 0.303 e. The second-order valence-corrected chi connectivity index (χ2v) is 6.86. The molecule has 0 aliphatic carbocycles. The van der Waals surface area contributed by atoms with E-state index in [-0.39, 0.29) is 12.3 Å². The zero-order valence-electron chi connectivity index (χ0n) is 16.2. The van der Waals surface area contributed by atoms with Crippen molar-refractivity contribution in [3.63, 3.8) is 0 Å². The molecule has 0 aliphatic heterocycles. The second-order valence-electron chi connectivity index (χ2n) is 6.86. The summed E-state index contributed by atoms with van der Waals surface area (Å²) in [5, 5.41) is 12.4. The molecule has 3 aromatic rings. The largest absolute Gasteiger partial charge is 0.494 e. The Bertz CT molecular complexity index is 894. The minimum atomic E-state index is -0.787. The standard InChI is InChI=1S/C22H26N4O3/c23-22-25-15-20(26-22)24-11-4-12-29-19-9-7-16(8-10-19)13-18(14-21(27)28)17-5-2-1-3-6-17/h1-3,5-10,15,18,24H,4,11-14H2,(H,27,28)(H3,23,25,26). The summed E-state index contributed by atoms with van der Waals surface area (Å²) < 4.78 is 5.77. The van der Waals surface area contributed by atoms with Crippen LogP contribution >= 0.6 is 0 Å². The van der Waals surface area contributed by atoms with Gasteiger partial charge in [0, 0.05) is 6.54 Å². The molecule has 0 saturated carbocycles. The van der Waals surface area contributed by atoms with Crippen molar-refractivity contribution in [2.45, 2.75) is 25.2 Å². The van der Waals surface area contributed by atoms with E-state index < -0.39 is 5.97 Å². The predicted octanol–water partition coefficient (Wildman–Crippen LogP) is 3.67. The van der Waals surface area contributed by atoms with E-state index in [0.29, 0.717) is 19.0 Å². The second kappa shape index (κ2) is 10.2. The van der Waals surface area contributed by atoms with Gasteiger partial charge in [-0.3, -0.25) is 4.79 Å². The van der Waals surface area contributed by atoms with Crippen LogP contribution in [-0.2, 0) is 11.2 Å². The molecule has 1 unspecified atom stereocenters. The maximum absolute atomic E-state index is 11.3. The Morgan fingerprint density at radius 2 is 1.93 bits per heavy atom. The van der Waals surface area contributed by atoms with Crippen LogP contribution in [0.5, 0.6) is 5.75 Å². The summed E-state index contributed by atoms with van der Waals surface area (Å²) in [6.45, 7) is 1.33. The number of hydrogen-bond acceptors (Lipinski definition) is 5. The number of hydrogen-bond donors (Lipinski definition) is 4. The maximum atomic E-state index is 11.3. The lowest BCUT2D eigenvalue weighted by Crippen LogP contribution is -2.09. The van der Waals surface area contributed by atoms with Gasteiger partial charge < -0.3 is 25.9 Å². The highest BCUT2D eigenvalue weighted by molar-refractivity contribution is 5.68. The van der Waals surface area contributed by atoms with E-state index in [0.717, 1.165) is 35.7 Å². The minimum Gasteiger partial charge on any atom is -0.494 e. The van der Waals surface area contributed by atoms with Gasteiger partial charge in [-0.05, 0) is 42.0 Å². The van der Waals surface area contributed by atoms with Crippen LogP contribution < -0.4 is 15.8 Å². The number of nitrogens with zero attached hydrogens (tertiary/aromatic N) is 1. The van der Waals surface area contributed by atoms with Crippen LogP contribution in [-0.4, -0.2) is 34.2 Å². The molecule has 0 spiro atoms. The number of carboxylic acids is 1. The number of ether oxygens (including phenoxy) is 1. The Morgan fingerprint density at radius 3 is 2.59 bits per heavy atom. The first kappa shape index (κ1) is 20.3. The Balaban J connectivity index is 1.46. The summed E-state index contributed by atoms with van der Waals surface area (Å²) in [5.41, 5.74) is 7.66. The van der Waals surface area contributed by atoms with E-state index in [2.05, 4.69) is 15.3 Å². The topological polar surface area (TPSA) is 113 Å². The average molecular weight is 394 g/mol. The molecule has 5 N–H and O–H groups in total. The van der Waals surface area contributed by atoms with Crippen LogP contribution in [0.3, 0.4) is 0 Å². The van der Waals surface area contributed by atoms with Gasteiger partial charge in [0.1, 0.15) is 11.6 Å². The third kappa shape index (κ3) is 6.57. The number of aromatic amines is 1. The van der Waals surface area contributed by atoms with Crippen molar-refractivity contribution in [1.82, 2.24) is 9.97 Å². The number of nitrogens with one attached hydrogen (secondary N) is 2. The number of carboxylic acid groups (broad SMARTS) is 1. The van der Waals surface area contributed by atoms with E-state index in [1.54, 1.807) is 6.20 Å². The van der Waals surface area contributed by atoms with Gasteiger partial charge in [-0.2, -0.15) is 0 Å². The van der Waals surface area contributed by atoms with Gasteiger partial charge in [0.25, 0.3) is 0 Å². The lowest BCUT2D eigenvalue weighted by atomic mass is 9.89. The Labute approximate surface area is 169 Å². The van der Waals surface area contributed by atoms with E-state index in [9.17, 15) is 9.90 Å². The van der Waals surface area contributed by atoms with Crippen LogP contribution in [0.15, 0.2) is 60.8 Å². The molecular formula is C22H26N4O3. The van der Waals surface area contributed by atoms with E-state index in [4.69, 9.17) is 10.5 Å². The van der Waals surface area contributed by atoms with Gasteiger partial charge in [0.2, 0.25) is 0 Å². The molecule has 7 nitrogen and oxygen atoms in total. The summed E-state index contributed by atoms with van der Waals surface area (Å²) in [6, 6.07) is 17.6. The van der Waals surface area contributed by atoms with Gasteiger partial charge in [-0.25, -0.2) is 4.98 Å². The van der Waals surface area contributed by atoms with Crippen molar-refractivity contribution in [2.75, 3.05) is 24.2 Å². The Morgan fingerprint density at radius 1 is 1.17 bits per heavy atom. The maximum Gasteiger partial charge on any atom is 0.303 e. The van der Waals surface area contributed by atoms with Gasteiger partial charge in [0.15, 0.2) is 5.95 Å². The highest BCUT2D eigenvalue weighted by Crippen LogP contribution is 2.25. The number of nitrogen functional groups attached to an aromatic ring is 1. The van der Waals surface area contributed by atoms with Crippen LogP contribution in [0.2, 0.25) is 0 Å². The third-order valence-corrected chi connectivity index (χ3v) is 4.60. The zero-order valence-corrected chi connectivity index (χ0v) is 16.2. The summed E-state index contributed by atoms with van der Waals surface area (Å²) >= 11 is 0. The fraction of sp³-hybridized carbons (Fsp3) is 0.273. The first-order chi connectivity index (χ1) is 14.1. The first-order valence-electron chi connectivity index (χ1n) is 9.63. The van der Waals surface area contributed by atoms with Crippen molar-refractivity contribution < 1.29 is 14.6 Å². The fourth-order valence-corrected chi connectivity index (χ4v) is 3.16. The van der Waals surface area contributed by atoms with Crippen molar-refractivity contribution in [2.24, 2.45) is 0 Å². The molecule has 0 amide bonds. The van der Waals surface area contributed by atoms with Crippen molar-refractivity contribution in [3.8, 4) is 5.75 Å². The number of aromatic nitrogens is 2. The molecule has 7 heteroatoms. The number of benzene rings is 2. The lowest BCUT2D eigenvalue weighted by molar-refractivity contribution is -0.137. The van der Waals surface area contributed by atoms with Crippen LogP contribution in [0.1, 0.15) is 29.9 Å². The summed E-state index contributed by atoms with van der Waals surface area (Å²) in [4.78, 5) is 18.1. The third-order valence-electron chi connectivity index (χ3n) is 4.60. The molecule has 152 valence electrons. The molecule has 0 radical (unpaired) electrons. The van der Waals surface area contributed by atoms with E-state index in [1.807, 2.05) is 54.6 Å². The SMILES string of the molecule is Nc1ncc(NCCCOc2ccc(CC(CC(=O)O)c3ccccc3)cc2)[nH]1. The molecule has 0 saturated heterocycles. The highest BCUT2D eigenvalue weighted by Gasteiger charge is 2.16. The molecule has 2 aromatic carbocycles. The quantitative estimate of drug-likeness (QED) is 0.369. The monoisotopic (exact) mass is 394 g/mol. The number of anilines is 2. The number of aliphatic carboxylic acids is 1. The Hall–Kier alpha value is -3.48. The van der Waals surface area contributed by atoms with Crippen LogP contribution in [0.25, 0.3) is 0 Å². The number of H-pyrrole nitrogens is 1. The summed E-state index contributed by atoms with van der Waals surface area (Å²) in [6.07, 6.45) is 3.27. The molecule has 1 aromatic heterocycles. The fourth-order valence-electron chi connectivity index (χ4n) is 3.16.